The molecule has 10 heteroatoms. The lowest BCUT2D eigenvalue weighted by atomic mass is 10.1. The summed E-state index contributed by atoms with van der Waals surface area (Å²) in [5, 5.41) is 0. The molecule has 1 aromatic carbocycles. The fraction of sp³-hybridized carbons (Fsp3) is 0.571. The van der Waals surface area contributed by atoms with E-state index >= 15 is 0 Å². The molecule has 0 bridgehead atoms. The number of nitrogens with zero attached hydrogens (tertiary/aromatic N) is 4. The number of guanidine groups is 1. The van der Waals surface area contributed by atoms with Crippen LogP contribution in [0.25, 0.3) is 0 Å². The maximum atomic E-state index is 13.1. The van der Waals surface area contributed by atoms with Crippen molar-refractivity contribution in [3.63, 3.8) is 0 Å². The number of carbonyl (C=O) groups excluding carboxylic acids is 3. The standard InChI is InChI=1S/C28H42N4O6/c1-9-15-32(26(35)38-28(5,6)7)24(29-25(34)37-27(2,3)4)31-17-10-16-30(18-19-31)20-21-11-13-22(14-12-21)23(33)36-8/h9,11-14H,1,10,15-20H2,2-8H3/b29-24-. The van der Waals surface area contributed by atoms with Crippen molar-refractivity contribution in [3.8, 4) is 0 Å². The van der Waals surface area contributed by atoms with Gasteiger partial charge in [0, 0.05) is 39.3 Å². The number of carbonyl (C=O) groups is 3. The highest BCUT2D eigenvalue weighted by Crippen LogP contribution is 2.17. The van der Waals surface area contributed by atoms with Crippen LogP contribution in [0.15, 0.2) is 41.9 Å². The Balaban J connectivity index is 2.26. The van der Waals surface area contributed by atoms with Crippen LogP contribution in [0.2, 0.25) is 0 Å². The van der Waals surface area contributed by atoms with Gasteiger partial charge in [-0.3, -0.25) is 4.90 Å². The third-order valence-electron chi connectivity index (χ3n) is 5.40. The van der Waals surface area contributed by atoms with Crippen LogP contribution in [-0.2, 0) is 20.8 Å². The first kappa shape index (κ1) is 30.8. The Bertz CT molecular complexity index is 1010. The summed E-state index contributed by atoms with van der Waals surface area (Å²) in [4.78, 5) is 47.3. The van der Waals surface area contributed by atoms with Crippen molar-refractivity contribution in [1.82, 2.24) is 14.7 Å². The molecule has 2 rings (SSSR count). The van der Waals surface area contributed by atoms with Crippen molar-refractivity contribution >= 4 is 24.1 Å². The van der Waals surface area contributed by atoms with Crippen LogP contribution in [0.3, 0.4) is 0 Å². The largest absolute Gasteiger partial charge is 0.465 e. The highest BCUT2D eigenvalue weighted by molar-refractivity contribution is 5.99. The van der Waals surface area contributed by atoms with E-state index in [4.69, 9.17) is 14.2 Å². The summed E-state index contributed by atoms with van der Waals surface area (Å²) >= 11 is 0. The maximum absolute atomic E-state index is 13.1. The maximum Gasteiger partial charge on any atom is 0.437 e. The Morgan fingerprint density at radius 1 is 0.974 bits per heavy atom. The third-order valence-corrected chi connectivity index (χ3v) is 5.40. The van der Waals surface area contributed by atoms with Crippen LogP contribution >= 0.6 is 0 Å². The number of ether oxygens (including phenoxy) is 3. The topological polar surface area (TPSA) is 101 Å². The molecule has 1 aliphatic heterocycles. The monoisotopic (exact) mass is 530 g/mol. The molecular formula is C28H42N4O6. The molecule has 210 valence electrons. The number of hydrogen-bond donors (Lipinski definition) is 0. The van der Waals surface area contributed by atoms with Crippen LogP contribution < -0.4 is 0 Å². The molecule has 0 saturated carbocycles. The van der Waals surface area contributed by atoms with Crippen LogP contribution in [-0.4, -0.2) is 89.9 Å². The second-order valence-electron chi connectivity index (χ2n) is 11.1. The Labute approximate surface area is 226 Å². The van der Waals surface area contributed by atoms with Gasteiger partial charge in [-0.15, -0.1) is 11.6 Å². The molecule has 10 nitrogen and oxygen atoms in total. The summed E-state index contributed by atoms with van der Waals surface area (Å²) in [5.41, 5.74) is 0.105. The summed E-state index contributed by atoms with van der Waals surface area (Å²) in [6, 6.07) is 7.34. The highest BCUT2D eigenvalue weighted by atomic mass is 16.6. The van der Waals surface area contributed by atoms with Gasteiger partial charge < -0.3 is 19.1 Å². The van der Waals surface area contributed by atoms with E-state index in [1.165, 1.54) is 12.0 Å². The molecule has 1 saturated heterocycles. The van der Waals surface area contributed by atoms with E-state index in [1.807, 2.05) is 17.0 Å². The second-order valence-corrected chi connectivity index (χ2v) is 11.1. The van der Waals surface area contributed by atoms with Crippen LogP contribution in [0.4, 0.5) is 9.59 Å². The number of esters is 1. The van der Waals surface area contributed by atoms with Gasteiger partial charge in [0.15, 0.2) is 0 Å². The minimum absolute atomic E-state index is 0.114. The van der Waals surface area contributed by atoms with Crippen LogP contribution in [0, 0.1) is 0 Å². The minimum Gasteiger partial charge on any atom is -0.465 e. The van der Waals surface area contributed by atoms with E-state index in [0.29, 0.717) is 31.7 Å². The number of benzene rings is 1. The Kier molecular flexibility index (Phi) is 10.9. The molecule has 0 N–H and O–H groups in total. The molecule has 1 aromatic rings. The zero-order chi connectivity index (χ0) is 28.5. The molecule has 1 aliphatic rings. The second kappa shape index (κ2) is 13.4. The summed E-state index contributed by atoms with van der Waals surface area (Å²) in [7, 11) is 1.36. The Hall–Kier alpha value is -3.40. The van der Waals surface area contributed by atoms with Gasteiger partial charge in [0.05, 0.1) is 12.7 Å². The molecule has 1 fully saturated rings. The van der Waals surface area contributed by atoms with Crippen molar-refractivity contribution in [2.75, 3.05) is 39.8 Å². The number of rotatable bonds is 5. The molecule has 38 heavy (non-hydrogen) atoms. The number of aliphatic imine (C=N–C) groups is 1. The predicted octanol–water partition coefficient (Wildman–Crippen LogP) is 4.70. The summed E-state index contributed by atoms with van der Waals surface area (Å²) in [6.45, 7) is 17.8. The molecule has 0 radical (unpaired) electrons. The van der Waals surface area contributed by atoms with Gasteiger partial charge in [0.2, 0.25) is 5.96 Å². The van der Waals surface area contributed by atoms with E-state index in [2.05, 4.69) is 16.5 Å². The average molecular weight is 531 g/mol. The molecule has 0 atom stereocenters. The van der Waals surface area contributed by atoms with Gasteiger partial charge in [-0.05, 0) is 65.7 Å². The van der Waals surface area contributed by atoms with Crippen molar-refractivity contribution < 1.29 is 28.6 Å². The van der Waals surface area contributed by atoms with Crippen molar-refractivity contribution in [3.05, 3.63) is 48.0 Å². The first-order chi connectivity index (χ1) is 17.7. The molecule has 0 unspecified atom stereocenters. The zero-order valence-electron chi connectivity index (χ0n) is 23.8. The first-order valence-corrected chi connectivity index (χ1v) is 12.8. The summed E-state index contributed by atoms with van der Waals surface area (Å²) < 4.78 is 15.8. The lowest BCUT2D eigenvalue weighted by molar-refractivity contribution is 0.0362. The molecule has 0 aliphatic carbocycles. The fourth-order valence-electron chi connectivity index (χ4n) is 3.80. The van der Waals surface area contributed by atoms with E-state index < -0.39 is 23.4 Å². The van der Waals surface area contributed by atoms with Gasteiger partial charge in [-0.2, -0.15) is 0 Å². The van der Waals surface area contributed by atoms with E-state index in [-0.39, 0.29) is 18.5 Å². The van der Waals surface area contributed by atoms with Gasteiger partial charge in [0.25, 0.3) is 0 Å². The fourth-order valence-corrected chi connectivity index (χ4v) is 3.80. The van der Waals surface area contributed by atoms with Crippen molar-refractivity contribution in [2.45, 2.75) is 65.7 Å². The molecule has 1 heterocycles. The van der Waals surface area contributed by atoms with Crippen LogP contribution in [0.1, 0.15) is 63.9 Å². The Morgan fingerprint density at radius 3 is 2.16 bits per heavy atom. The average Bonchev–Trinajstić information content (AvgIpc) is 3.04. The van der Waals surface area contributed by atoms with Crippen LogP contribution in [0.5, 0.6) is 0 Å². The highest BCUT2D eigenvalue weighted by Gasteiger charge is 2.31. The first-order valence-electron chi connectivity index (χ1n) is 12.8. The van der Waals surface area contributed by atoms with E-state index in [9.17, 15) is 14.4 Å². The number of amides is 2. The normalized spacial score (nSPS) is 15.3. The van der Waals surface area contributed by atoms with Crippen molar-refractivity contribution in [1.29, 1.82) is 0 Å². The lowest BCUT2D eigenvalue weighted by Gasteiger charge is -2.33. The predicted molar refractivity (Wildman–Crippen MR) is 146 cm³/mol. The minimum atomic E-state index is -0.781. The molecular weight excluding hydrogens is 488 g/mol. The summed E-state index contributed by atoms with van der Waals surface area (Å²) in [5.74, 6) is -0.189. The summed E-state index contributed by atoms with van der Waals surface area (Å²) in [6.07, 6.45) is 0.948. The lowest BCUT2D eigenvalue weighted by Crippen LogP contribution is -2.50. The van der Waals surface area contributed by atoms with E-state index in [1.54, 1.807) is 59.8 Å². The van der Waals surface area contributed by atoms with Gasteiger partial charge in [0.1, 0.15) is 11.2 Å². The van der Waals surface area contributed by atoms with Gasteiger partial charge in [-0.1, -0.05) is 18.2 Å². The Morgan fingerprint density at radius 2 is 1.61 bits per heavy atom. The quantitative estimate of drug-likeness (QED) is 0.178. The molecule has 2 amide bonds. The molecule has 0 aromatic heterocycles. The smallest absolute Gasteiger partial charge is 0.437 e. The van der Waals surface area contributed by atoms with Crippen molar-refractivity contribution in [2.24, 2.45) is 4.99 Å². The molecule has 0 spiro atoms. The SMILES string of the molecule is C=CCN(C(=O)OC(C)(C)C)/C(=N\C(=O)OC(C)(C)C)N1CCCN(Cc2ccc(C(=O)OC)cc2)CC1. The number of methoxy groups -OCH3 is 1. The van der Waals surface area contributed by atoms with Gasteiger partial charge in [-0.25, -0.2) is 19.3 Å². The van der Waals surface area contributed by atoms with E-state index in [0.717, 1.165) is 18.5 Å². The number of hydrogen-bond acceptors (Lipinski definition) is 7. The zero-order valence-corrected chi connectivity index (χ0v) is 23.8. The van der Waals surface area contributed by atoms with Gasteiger partial charge >= 0.3 is 18.2 Å². The third kappa shape index (κ3) is 10.2.